The van der Waals surface area contributed by atoms with Gasteiger partial charge in [0, 0.05) is 11.5 Å². The third-order valence-corrected chi connectivity index (χ3v) is 9.12. The molecule has 2 amide bonds. The molecule has 0 saturated heterocycles. The molecule has 35 heavy (non-hydrogen) atoms. The van der Waals surface area contributed by atoms with E-state index in [1.807, 2.05) is 0 Å². The Balaban J connectivity index is 1.41. The molecule has 0 bridgehead atoms. The van der Waals surface area contributed by atoms with Gasteiger partial charge in [-0.25, -0.2) is 9.79 Å². The Morgan fingerprint density at radius 2 is 1.69 bits per heavy atom. The summed E-state index contributed by atoms with van der Waals surface area (Å²) in [4.78, 5) is 15.9. The first kappa shape index (κ1) is 24.5. The lowest BCUT2D eigenvalue weighted by Crippen LogP contribution is -2.37. The van der Waals surface area contributed by atoms with E-state index in [1.54, 1.807) is 0 Å². The molecule has 182 valence electrons. The minimum absolute atomic E-state index is 0.0180. The number of hydrogen-bond donors (Lipinski definition) is 3. The number of fused-ring (bicyclic) bond motifs is 4. The van der Waals surface area contributed by atoms with Gasteiger partial charge in [0.2, 0.25) is 0 Å². The van der Waals surface area contributed by atoms with Gasteiger partial charge in [-0.1, -0.05) is 55.5 Å². The fourth-order valence-electron chi connectivity index (χ4n) is 6.48. The monoisotopic (exact) mass is 502 g/mol. The summed E-state index contributed by atoms with van der Waals surface area (Å²) in [6, 6.07) is 17.6. The molecule has 0 fully saturated rings. The normalized spacial score (nSPS) is 23.4. The average molecular weight is 503 g/mol. The molecule has 0 aliphatic heterocycles. The van der Waals surface area contributed by atoms with Gasteiger partial charge in [0.1, 0.15) is 0 Å². The van der Waals surface area contributed by atoms with Crippen LogP contribution in [0.3, 0.4) is 0 Å². The zero-order chi connectivity index (χ0) is 24.5. The molecule has 1 N–H and O–H groups in total. The van der Waals surface area contributed by atoms with E-state index in [1.165, 1.54) is 50.6 Å². The van der Waals surface area contributed by atoms with Crippen LogP contribution in [-0.2, 0) is 24.3 Å². The summed E-state index contributed by atoms with van der Waals surface area (Å²) in [6.45, 7) is 5.84. The number of rotatable bonds is 5. The van der Waals surface area contributed by atoms with Gasteiger partial charge >= 0.3 is 6.03 Å². The Morgan fingerprint density at radius 1 is 0.971 bits per heavy atom. The van der Waals surface area contributed by atoms with E-state index in [4.69, 9.17) is 0 Å². The lowest BCUT2D eigenvalue weighted by Gasteiger charge is -2.39. The third-order valence-electron chi connectivity index (χ3n) is 8.39. The van der Waals surface area contributed by atoms with Crippen molar-refractivity contribution in [2.24, 2.45) is 16.8 Å². The second kappa shape index (κ2) is 10.4. The SMILES string of the molecule is C=NC(=O)NC1c2ccc(CS)cc2CCC1CC1CCc2c(ccc3cc(CS)ccc23)C1C. The fourth-order valence-corrected chi connectivity index (χ4v) is 6.87. The summed E-state index contributed by atoms with van der Waals surface area (Å²) in [5.74, 6) is 2.98. The summed E-state index contributed by atoms with van der Waals surface area (Å²) in [6.07, 6.45) is 5.52. The number of carbonyl (C=O) groups is 1. The number of amides is 2. The molecule has 3 aromatic rings. The van der Waals surface area contributed by atoms with Crippen molar-refractivity contribution in [2.75, 3.05) is 0 Å². The molecule has 2 aliphatic rings. The highest BCUT2D eigenvalue weighted by molar-refractivity contribution is 7.79. The van der Waals surface area contributed by atoms with Gasteiger partial charge in [-0.2, -0.15) is 25.3 Å². The number of benzene rings is 3. The maximum absolute atomic E-state index is 12.3. The zero-order valence-electron chi connectivity index (χ0n) is 20.3. The topological polar surface area (TPSA) is 41.5 Å². The predicted molar refractivity (Wildman–Crippen MR) is 153 cm³/mol. The molecule has 0 radical (unpaired) electrons. The van der Waals surface area contributed by atoms with Crippen molar-refractivity contribution < 1.29 is 4.79 Å². The van der Waals surface area contributed by atoms with Crippen LogP contribution in [-0.4, -0.2) is 12.7 Å². The summed E-state index contributed by atoms with van der Waals surface area (Å²) in [7, 11) is 0. The van der Waals surface area contributed by atoms with Gasteiger partial charge in [0.25, 0.3) is 0 Å². The van der Waals surface area contributed by atoms with Crippen molar-refractivity contribution in [1.82, 2.24) is 5.32 Å². The Kier molecular flexibility index (Phi) is 7.26. The van der Waals surface area contributed by atoms with Gasteiger partial charge in [-0.3, -0.25) is 0 Å². The molecule has 0 spiro atoms. The smallest absolute Gasteiger partial charge is 0.329 e. The van der Waals surface area contributed by atoms with Gasteiger partial charge in [0.05, 0.1) is 6.04 Å². The zero-order valence-corrected chi connectivity index (χ0v) is 22.1. The van der Waals surface area contributed by atoms with Crippen molar-refractivity contribution in [3.05, 3.63) is 81.9 Å². The number of thiol groups is 2. The van der Waals surface area contributed by atoms with Crippen molar-refractivity contribution in [1.29, 1.82) is 0 Å². The predicted octanol–water partition coefficient (Wildman–Crippen LogP) is 7.47. The lowest BCUT2D eigenvalue weighted by atomic mass is 9.68. The van der Waals surface area contributed by atoms with Gasteiger partial charge < -0.3 is 5.32 Å². The van der Waals surface area contributed by atoms with Crippen molar-refractivity contribution >= 4 is 48.8 Å². The molecule has 5 heteroatoms. The molecule has 0 aromatic heterocycles. The van der Waals surface area contributed by atoms with E-state index in [-0.39, 0.29) is 12.1 Å². The Morgan fingerprint density at radius 3 is 2.46 bits per heavy atom. The molecule has 0 heterocycles. The summed E-state index contributed by atoms with van der Waals surface area (Å²) in [5, 5.41) is 5.90. The Labute approximate surface area is 219 Å². The second-order valence-corrected chi connectivity index (χ2v) is 10.9. The maximum Gasteiger partial charge on any atom is 0.340 e. The quantitative estimate of drug-likeness (QED) is 0.246. The highest BCUT2D eigenvalue weighted by atomic mass is 32.1. The molecule has 2 aliphatic carbocycles. The van der Waals surface area contributed by atoms with Crippen LogP contribution < -0.4 is 5.32 Å². The van der Waals surface area contributed by atoms with Crippen LogP contribution >= 0.6 is 25.3 Å². The molecule has 5 rings (SSSR count). The minimum atomic E-state index is -0.333. The van der Waals surface area contributed by atoms with Crippen LogP contribution in [0.2, 0.25) is 0 Å². The second-order valence-electron chi connectivity index (χ2n) is 10.2. The number of hydrogen-bond acceptors (Lipinski definition) is 3. The highest BCUT2D eigenvalue weighted by Gasteiger charge is 2.35. The number of nitrogens with zero attached hydrogens (tertiary/aromatic N) is 1. The van der Waals surface area contributed by atoms with E-state index in [9.17, 15) is 4.79 Å². The first-order valence-corrected chi connectivity index (χ1v) is 13.9. The van der Waals surface area contributed by atoms with E-state index >= 15 is 0 Å². The third kappa shape index (κ3) is 4.77. The Hall–Kier alpha value is -2.24. The van der Waals surface area contributed by atoms with E-state index < -0.39 is 0 Å². The van der Waals surface area contributed by atoms with Crippen LogP contribution in [0.15, 0.2) is 53.5 Å². The van der Waals surface area contributed by atoms with Crippen LogP contribution in [0, 0.1) is 11.8 Å². The summed E-state index contributed by atoms with van der Waals surface area (Å²) in [5.41, 5.74) is 8.07. The first-order chi connectivity index (χ1) is 17.0. The number of urea groups is 1. The van der Waals surface area contributed by atoms with Crippen molar-refractivity contribution in [2.45, 2.75) is 62.5 Å². The number of aliphatic imine (C=N–C) groups is 1. The van der Waals surface area contributed by atoms with Crippen LogP contribution in [0.4, 0.5) is 4.79 Å². The van der Waals surface area contributed by atoms with Crippen LogP contribution in [0.1, 0.15) is 71.5 Å². The summed E-state index contributed by atoms with van der Waals surface area (Å²) < 4.78 is 0. The van der Waals surface area contributed by atoms with E-state index in [2.05, 4.69) is 97.7 Å². The van der Waals surface area contributed by atoms with Gasteiger partial charge in [-0.05, 0) is 101 Å². The highest BCUT2D eigenvalue weighted by Crippen LogP contribution is 2.46. The average Bonchev–Trinajstić information content (AvgIpc) is 2.90. The van der Waals surface area contributed by atoms with Crippen LogP contribution in [0.5, 0.6) is 0 Å². The summed E-state index contributed by atoms with van der Waals surface area (Å²) >= 11 is 8.89. The molecule has 4 atom stereocenters. The molecule has 3 aromatic carbocycles. The molecule has 4 unspecified atom stereocenters. The van der Waals surface area contributed by atoms with Gasteiger partial charge in [-0.15, -0.1) is 0 Å². The standard InChI is InChI=1S/C30H34N2OS2/c1-18-21(7-12-28-25(18)11-8-22-13-19(16-34)3-9-26(22)28)15-24-6-5-23-14-20(17-35)4-10-27(23)29(24)32-30(33)31-2/h3-4,8-11,13-14,18,21,24,29,34-35H,2,5-7,12,15-17H2,1H3,(H,32,33). The molecule has 3 nitrogen and oxygen atoms in total. The number of aryl methyl sites for hydroxylation is 2. The first-order valence-electron chi connectivity index (χ1n) is 12.7. The van der Waals surface area contributed by atoms with Crippen LogP contribution in [0.25, 0.3) is 10.8 Å². The largest absolute Gasteiger partial charge is 0.340 e. The van der Waals surface area contributed by atoms with Crippen molar-refractivity contribution in [3.8, 4) is 0 Å². The van der Waals surface area contributed by atoms with E-state index in [0.29, 0.717) is 17.8 Å². The molecular formula is C30H34N2OS2. The van der Waals surface area contributed by atoms with Crippen molar-refractivity contribution in [3.63, 3.8) is 0 Å². The van der Waals surface area contributed by atoms with Gasteiger partial charge in [0.15, 0.2) is 0 Å². The lowest BCUT2D eigenvalue weighted by molar-refractivity contribution is 0.216. The van der Waals surface area contributed by atoms with E-state index in [0.717, 1.165) is 37.2 Å². The fraction of sp³-hybridized carbons (Fsp3) is 0.400. The number of carbonyl (C=O) groups excluding carboxylic acids is 1. The molecular weight excluding hydrogens is 468 g/mol. The Bertz CT molecular complexity index is 1270. The minimum Gasteiger partial charge on any atom is -0.329 e. The number of nitrogens with one attached hydrogen (secondary N) is 1. The maximum atomic E-state index is 12.3. The molecule has 0 saturated carbocycles.